The first-order chi connectivity index (χ1) is 9.08. The molecule has 0 spiro atoms. The molecule has 106 valence electrons. The number of likely N-dealkylation sites (N-methyl/N-ethyl adjacent to an activating group) is 1. The van der Waals surface area contributed by atoms with Gasteiger partial charge in [-0.15, -0.1) is 0 Å². The maximum atomic E-state index is 12.0. The summed E-state index contributed by atoms with van der Waals surface area (Å²) in [4.78, 5) is 13.9. The molecule has 0 aliphatic heterocycles. The Morgan fingerprint density at radius 1 is 1.37 bits per heavy atom. The van der Waals surface area contributed by atoms with Gasteiger partial charge in [-0.1, -0.05) is 6.92 Å². The number of nitrogens with zero attached hydrogens (tertiary/aromatic N) is 1. The molecule has 0 saturated carbocycles. The molecule has 0 bridgehead atoms. The number of hydrogen-bond acceptors (Lipinski definition) is 4. The maximum absolute atomic E-state index is 12.0. The smallest absolute Gasteiger partial charge is 0.241 e. The number of aliphatic hydroxyl groups excluding tert-OH is 1. The molecular formula is C14H22N2O3. The third-order valence-corrected chi connectivity index (χ3v) is 2.79. The van der Waals surface area contributed by atoms with E-state index in [1.807, 2.05) is 25.9 Å². The fourth-order valence-electron chi connectivity index (χ4n) is 1.81. The number of benzene rings is 1. The third-order valence-electron chi connectivity index (χ3n) is 2.79. The minimum atomic E-state index is -0.134. The summed E-state index contributed by atoms with van der Waals surface area (Å²) in [6, 6.07) is 6.97. The third kappa shape index (κ3) is 4.89. The molecule has 1 aromatic carbocycles. The molecule has 1 unspecified atom stereocenters. The van der Waals surface area contributed by atoms with Crippen molar-refractivity contribution in [1.82, 2.24) is 4.90 Å². The van der Waals surface area contributed by atoms with Gasteiger partial charge in [0.05, 0.1) is 12.6 Å². The highest BCUT2D eigenvalue weighted by Crippen LogP contribution is 2.16. The lowest BCUT2D eigenvalue weighted by molar-refractivity contribution is -0.120. The normalized spacial score (nSPS) is 12.3. The molecule has 0 heterocycles. The van der Waals surface area contributed by atoms with Crippen LogP contribution in [0.4, 0.5) is 5.69 Å². The van der Waals surface area contributed by atoms with Crippen LogP contribution in [-0.4, -0.2) is 49.3 Å². The lowest BCUT2D eigenvalue weighted by Gasteiger charge is -2.21. The molecule has 5 nitrogen and oxygen atoms in total. The zero-order valence-corrected chi connectivity index (χ0v) is 11.7. The molecule has 19 heavy (non-hydrogen) atoms. The van der Waals surface area contributed by atoms with Crippen molar-refractivity contribution in [2.45, 2.75) is 19.4 Å². The molecule has 5 heteroatoms. The lowest BCUT2D eigenvalue weighted by atomic mass is 10.2. The molecule has 1 rings (SSSR count). The van der Waals surface area contributed by atoms with E-state index in [9.17, 15) is 4.79 Å². The van der Waals surface area contributed by atoms with E-state index in [4.69, 9.17) is 9.84 Å². The summed E-state index contributed by atoms with van der Waals surface area (Å²) in [5.41, 5.74) is 0.738. The number of anilines is 1. The SMILES string of the molecule is CCC(C(=O)Nc1ccc(OCCO)cc1)N(C)C. The van der Waals surface area contributed by atoms with Crippen LogP contribution < -0.4 is 10.1 Å². The Morgan fingerprint density at radius 3 is 2.47 bits per heavy atom. The Balaban J connectivity index is 2.59. The summed E-state index contributed by atoms with van der Waals surface area (Å²) < 4.78 is 5.25. The Bertz CT molecular complexity index is 390. The summed E-state index contributed by atoms with van der Waals surface area (Å²) >= 11 is 0. The van der Waals surface area contributed by atoms with Crippen molar-refractivity contribution in [3.05, 3.63) is 24.3 Å². The van der Waals surface area contributed by atoms with E-state index in [0.717, 1.165) is 12.1 Å². The summed E-state index contributed by atoms with van der Waals surface area (Å²) in [7, 11) is 3.78. The monoisotopic (exact) mass is 266 g/mol. The number of carbonyl (C=O) groups is 1. The van der Waals surface area contributed by atoms with Gasteiger partial charge in [0.1, 0.15) is 12.4 Å². The summed E-state index contributed by atoms with van der Waals surface area (Å²) in [6.07, 6.45) is 0.760. The van der Waals surface area contributed by atoms with Gasteiger partial charge >= 0.3 is 0 Å². The molecule has 0 radical (unpaired) electrons. The van der Waals surface area contributed by atoms with Crippen LogP contribution in [0.25, 0.3) is 0 Å². The van der Waals surface area contributed by atoms with Crippen LogP contribution in [0.3, 0.4) is 0 Å². The van der Waals surface area contributed by atoms with Crippen molar-refractivity contribution in [3.8, 4) is 5.75 Å². The van der Waals surface area contributed by atoms with Gasteiger partial charge in [0.25, 0.3) is 0 Å². The Kier molecular flexibility index (Phi) is 6.32. The van der Waals surface area contributed by atoms with Crippen LogP contribution in [0, 0.1) is 0 Å². The minimum Gasteiger partial charge on any atom is -0.491 e. The number of aliphatic hydroxyl groups is 1. The number of hydrogen-bond donors (Lipinski definition) is 2. The second-order valence-electron chi connectivity index (χ2n) is 4.47. The first-order valence-electron chi connectivity index (χ1n) is 6.39. The lowest BCUT2D eigenvalue weighted by Crippen LogP contribution is -2.39. The van der Waals surface area contributed by atoms with Crippen LogP contribution in [-0.2, 0) is 4.79 Å². The minimum absolute atomic E-state index is 0.0144. The Morgan fingerprint density at radius 2 is 2.00 bits per heavy atom. The van der Waals surface area contributed by atoms with Crippen molar-refractivity contribution in [2.75, 3.05) is 32.6 Å². The highest BCUT2D eigenvalue weighted by atomic mass is 16.5. The highest BCUT2D eigenvalue weighted by molar-refractivity contribution is 5.94. The summed E-state index contributed by atoms with van der Waals surface area (Å²) in [5.74, 6) is 0.656. The van der Waals surface area contributed by atoms with Gasteiger partial charge in [0, 0.05) is 5.69 Å². The molecule has 1 amide bonds. The molecule has 0 saturated heterocycles. The fraction of sp³-hybridized carbons (Fsp3) is 0.500. The summed E-state index contributed by atoms with van der Waals surface area (Å²) in [5, 5.41) is 11.5. The van der Waals surface area contributed by atoms with Gasteiger partial charge in [0.15, 0.2) is 0 Å². The summed E-state index contributed by atoms with van der Waals surface area (Å²) in [6.45, 7) is 2.24. The average Bonchev–Trinajstić information content (AvgIpc) is 2.38. The van der Waals surface area contributed by atoms with Crippen LogP contribution in [0.5, 0.6) is 5.75 Å². The Hall–Kier alpha value is -1.59. The van der Waals surface area contributed by atoms with E-state index in [-0.39, 0.29) is 25.2 Å². The van der Waals surface area contributed by atoms with E-state index >= 15 is 0 Å². The quantitative estimate of drug-likeness (QED) is 0.781. The number of rotatable bonds is 7. The molecule has 0 aliphatic rings. The van der Waals surface area contributed by atoms with E-state index < -0.39 is 0 Å². The van der Waals surface area contributed by atoms with E-state index in [1.165, 1.54) is 0 Å². The number of carbonyl (C=O) groups excluding carboxylic acids is 1. The predicted molar refractivity (Wildman–Crippen MR) is 75.4 cm³/mol. The second-order valence-corrected chi connectivity index (χ2v) is 4.47. The second kappa shape index (κ2) is 7.76. The topological polar surface area (TPSA) is 61.8 Å². The molecule has 1 aromatic rings. The van der Waals surface area contributed by atoms with Crippen molar-refractivity contribution < 1.29 is 14.6 Å². The van der Waals surface area contributed by atoms with E-state index in [1.54, 1.807) is 24.3 Å². The van der Waals surface area contributed by atoms with Gasteiger partial charge in [-0.05, 0) is 44.8 Å². The van der Waals surface area contributed by atoms with Gasteiger partial charge < -0.3 is 15.2 Å². The molecule has 0 aliphatic carbocycles. The van der Waals surface area contributed by atoms with Gasteiger partial charge in [-0.2, -0.15) is 0 Å². The highest BCUT2D eigenvalue weighted by Gasteiger charge is 2.18. The molecule has 2 N–H and O–H groups in total. The zero-order valence-electron chi connectivity index (χ0n) is 11.7. The first kappa shape index (κ1) is 15.5. The van der Waals surface area contributed by atoms with Crippen LogP contribution in [0.15, 0.2) is 24.3 Å². The van der Waals surface area contributed by atoms with Gasteiger partial charge in [-0.3, -0.25) is 9.69 Å². The molecule has 1 atom stereocenters. The standard InChI is InChI=1S/C14H22N2O3/c1-4-13(16(2)3)14(18)15-11-5-7-12(8-6-11)19-10-9-17/h5-8,13,17H,4,9-10H2,1-3H3,(H,15,18). The fourth-order valence-corrected chi connectivity index (χ4v) is 1.81. The number of nitrogens with one attached hydrogen (secondary N) is 1. The predicted octanol–water partition coefficient (Wildman–Crippen LogP) is 1.34. The Labute approximate surface area is 114 Å². The van der Waals surface area contributed by atoms with Crippen molar-refractivity contribution in [1.29, 1.82) is 0 Å². The number of ether oxygens (including phenoxy) is 1. The van der Waals surface area contributed by atoms with Crippen LogP contribution >= 0.6 is 0 Å². The van der Waals surface area contributed by atoms with Crippen molar-refractivity contribution in [3.63, 3.8) is 0 Å². The van der Waals surface area contributed by atoms with E-state index in [2.05, 4.69) is 5.32 Å². The average molecular weight is 266 g/mol. The van der Waals surface area contributed by atoms with Crippen molar-refractivity contribution in [2.24, 2.45) is 0 Å². The van der Waals surface area contributed by atoms with Gasteiger partial charge in [-0.25, -0.2) is 0 Å². The van der Waals surface area contributed by atoms with Crippen LogP contribution in [0.1, 0.15) is 13.3 Å². The number of amides is 1. The van der Waals surface area contributed by atoms with Crippen molar-refractivity contribution >= 4 is 11.6 Å². The molecule has 0 aromatic heterocycles. The molecular weight excluding hydrogens is 244 g/mol. The zero-order chi connectivity index (χ0) is 14.3. The van der Waals surface area contributed by atoms with E-state index in [0.29, 0.717) is 5.75 Å². The molecule has 0 fully saturated rings. The van der Waals surface area contributed by atoms with Crippen LogP contribution in [0.2, 0.25) is 0 Å². The largest absolute Gasteiger partial charge is 0.491 e. The maximum Gasteiger partial charge on any atom is 0.241 e. The first-order valence-corrected chi connectivity index (χ1v) is 6.39. The van der Waals surface area contributed by atoms with Gasteiger partial charge in [0.2, 0.25) is 5.91 Å².